The molecule has 0 amide bonds. The lowest BCUT2D eigenvalue weighted by Crippen LogP contribution is -2.27. The Morgan fingerprint density at radius 3 is 2.38 bits per heavy atom. The van der Waals surface area contributed by atoms with Crippen LogP contribution in [-0.4, -0.2) is 17.1 Å². The first-order chi connectivity index (χ1) is 15.7. The van der Waals surface area contributed by atoms with Crippen molar-refractivity contribution in [3.8, 4) is 5.75 Å². The Bertz CT molecular complexity index is 802. The first kappa shape index (κ1) is 24.8. The number of amidine groups is 1. The average Bonchev–Trinajstić information content (AvgIpc) is 3.25. The fourth-order valence-corrected chi connectivity index (χ4v) is 5.10. The molecular weight excluding hydrogens is 414 g/mol. The van der Waals surface area contributed by atoms with Gasteiger partial charge in [-0.2, -0.15) is 4.99 Å². The summed E-state index contributed by atoms with van der Waals surface area (Å²) in [5.41, 5.74) is 1.56. The van der Waals surface area contributed by atoms with Crippen molar-refractivity contribution in [1.82, 2.24) is 0 Å². The van der Waals surface area contributed by atoms with Crippen LogP contribution in [0.15, 0.2) is 57.2 Å². The van der Waals surface area contributed by atoms with Gasteiger partial charge in [0, 0.05) is 12.3 Å². The summed E-state index contributed by atoms with van der Waals surface area (Å²) in [6.07, 6.45) is 17.1. The molecule has 5 heteroatoms. The summed E-state index contributed by atoms with van der Waals surface area (Å²) in [4.78, 5) is 4.55. The molecule has 174 valence electrons. The van der Waals surface area contributed by atoms with Crippen molar-refractivity contribution in [3.05, 3.63) is 42.0 Å². The van der Waals surface area contributed by atoms with E-state index >= 15 is 0 Å². The van der Waals surface area contributed by atoms with Gasteiger partial charge in [-0.15, -0.1) is 10.2 Å². The number of allylic oxidation sites excluding steroid dienone is 1. The molecule has 32 heavy (non-hydrogen) atoms. The quantitative estimate of drug-likeness (QED) is 0.161. The zero-order valence-electron chi connectivity index (χ0n) is 19.8. The molecule has 0 radical (unpaired) electrons. The molecule has 1 aliphatic heterocycles. The lowest BCUT2D eigenvalue weighted by molar-refractivity contribution is 0.184. The van der Waals surface area contributed by atoms with Gasteiger partial charge in [-0.1, -0.05) is 88.6 Å². The molecule has 0 spiro atoms. The van der Waals surface area contributed by atoms with E-state index in [2.05, 4.69) is 35.1 Å². The first-order valence-corrected chi connectivity index (χ1v) is 13.1. The Balaban J connectivity index is 1.65. The van der Waals surface area contributed by atoms with E-state index in [9.17, 15) is 0 Å². The Morgan fingerprint density at radius 1 is 0.938 bits per heavy atom. The summed E-state index contributed by atoms with van der Waals surface area (Å²) in [7, 11) is 0. The van der Waals surface area contributed by atoms with Crippen LogP contribution in [0.1, 0.15) is 90.9 Å². The number of azo groups is 1. The van der Waals surface area contributed by atoms with E-state index in [0.29, 0.717) is 16.9 Å². The first-order valence-electron chi connectivity index (χ1n) is 12.7. The smallest absolute Gasteiger partial charge is 0.241 e. The predicted octanol–water partition coefficient (Wildman–Crippen LogP) is 8.48. The molecule has 0 N–H and O–H groups in total. The zero-order chi connectivity index (χ0) is 22.6. The van der Waals surface area contributed by atoms with Crippen LogP contribution in [0.5, 0.6) is 5.75 Å². The highest BCUT2D eigenvalue weighted by Crippen LogP contribution is 2.38. The molecule has 1 aromatic rings. The highest BCUT2D eigenvalue weighted by atomic mass is 32.1. The van der Waals surface area contributed by atoms with Gasteiger partial charge in [-0.25, -0.2) is 0 Å². The molecule has 1 aromatic carbocycles. The maximum atomic E-state index is 6.21. The van der Waals surface area contributed by atoms with Crippen molar-refractivity contribution in [2.75, 3.05) is 0 Å². The Labute approximate surface area is 199 Å². The third kappa shape index (κ3) is 7.61. The number of aliphatic imine (C=N–C) groups is 1. The molecule has 0 saturated carbocycles. The van der Waals surface area contributed by atoms with Crippen LogP contribution in [-0.2, 0) is 0 Å². The lowest BCUT2D eigenvalue weighted by Gasteiger charge is -2.32. The lowest BCUT2D eigenvalue weighted by atomic mass is 9.75. The van der Waals surface area contributed by atoms with Crippen molar-refractivity contribution in [1.29, 1.82) is 0 Å². The van der Waals surface area contributed by atoms with E-state index in [-0.39, 0.29) is 6.10 Å². The average molecular weight is 454 g/mol. The molecule has 3 rings (SSSR count). The minimum absolute atomic E-state index is 0.261. The highest BCUT2D eigenvalue weighted by molar-refractivity contribution is 7.80. The van der Waals surface area contributed by atoms with E-state index in [1.807, 2.05) is 30.3 Å². The van der Waals surface area contributed by atoms with Gasteiger partial charge in [-0.3, -0.25) is 0 Å². The van der Waals surface area contributed by atoms with Gasteiger partial charge in [0.1, 0.15) is 11.9 Å². The number of nitrogens with zero attached hydrogens (tertiary/aromatic N) is 3. The molecule has 3 unspecified atom stereocenters. The number of unbranched alkanes of at least 4 members (excludes halogenated alkanes) is 5. The van der Waals surface area contributed by atoms with E-state index < -0.39 is 0 Å². The SMILES string of the molecule is CCCCCCCCC(C1=NC(=S)N=N1)C(CCC)C1=CCC(Oc2ccccc2)CC1. The summed E-state index contributed by atoms with van der Waals surface area (Å²) in [5, 5.41) is 8.85. The molecular formula is C27H39N3OS. The monoisotopic (exact) mass is 453 g/mol. The van der Waals surface area contributed by atoms with Crippen molar-refractivity contribution >= 4 is 23.2 Å². The summed E-state index contributed by atoms with van der Waals surface area (Å²) in [6.45, 7) is 4.55. The van der Waals surface area contributed by atoms with Gasteiger partial charge in [0.15, 0.2) is 5.84 Å². The van der Waals surface area contributed by atoms with Crippen molar-refractivity contribution < 1.29 is 4.74 Å². The van der Waals surface area contributed by atoms with Crippen molar-refractivity contribution in [2.45, 2.75) is 97.0 Å². The van der Waals surface area contributed by atoms with Gasteiger partial charge >= 0.3 is 0 Å². The van der Waals surface area contributed by atoms with Crippen LogP contribution in [0.2, 0.25) is 0 Å². The number of ether oxygens (including phenoxy) is 1. The number of benzene rings is 1. The zero-order valence-corrected chi connectivity index (χ0v) is 20.7. The second-order valence-electron chi connectivity index (χ2n) is 9.12. The van der Waals surface area contributed by atoms with Gasteiger partial charge in [0.05, 0.1) is 0 Å². The number of para-hydroxylation sites is 1. The van der Waals surface area contributed by atoms with E-state index in [1.165, 1.54) is 38.5 Å². The highest BCUT2D eigenvalue weighted by Gasteiger charge is 2.32. The fourth-order valence-electron chi connectivity index (χ4n) is 4.97. The Hall–Kier alpha value is -1.88. The molecule has 0 fully saturated rings. The van der Waals surface area contributed by atoms with Crippen LogP contribution in [0.4, 0.5) is 0 Å². The maximum absolute atomic E-state index is 6.21. The van der Waals surface area contributed by atoms with Gasteiger partial charge < -0.3 is 4.74 Å². The second-order valence-corrected chi connectivity index (χ2v) is 9.48. The Kier molecular flexibility index (Phi) is 10.5. The number of rotatable bonds is 14. The third-order valence-electron chi connectivity index (χ3n) is 6.65. The molecule has 3 atom stereocenters. The standard InChI is InChI=1S/C27H39N3OS/c1-3-5-6-7-8-12-16-25(26-28-27(32)30-29-26)24(13-4-2)21-17-19-23(20-18-21)31-22-14-10-9-11-15-22/h9-11,14-15,17,23-25H,3-8,12-13,16,18-20H2,1-2H3. The van der Waals surface area contributed by atoms with Gasteiger partial charge in [0.2, 0.25) is 5.11 Å². The van der Waals surface area contributed by atoms with E-state index in [1.54, 1.807) is 5.57 Å². The molecule has 4 nitrogen and oxygen atoms in total. The maximum Gasteiger partial charge on any atom is 0.241 e. The molecule has 0 bridgehead atoms. The molecule has 0 saturated heterocycles. The number of hydrogen-bond acceptors (Lipinski definition) is 3. The summed E-state index contributed by atoms with van der Waals surface area (Å²) in [6, 6.07) is 10.2. The summed E-state index contributed by atoms with van der Waals surface area (Å²) >= 11 is 5.20. The van der Waals surface area contributed by atoms with Gasteiger partial charge in [-0.05, 0) is 56.0 Å². The van der Waals surface area contributed by atoms with Gasteiger partial charge in [0.25, 0.3) is 0 Å². The Morgan fingerprint density at radius 2 is 1.72 bits per heavy atom. The van der Waals surface area contributed by atoms with Crippen LogP contribution < -0.4 is 4.74 Å². The fraction of sp³-hybridized carbons (Fsp3) is 0.630. The minimum atomic E-state index is 0.261. The van der Waals surface area contributed by atoms with Crippen LogP contribution >= 0.6 is 12.2 Å². The molecule has 0 aromatic heterocycles. The van der Waals surface area contributed by atoms with E-state index in [0.717, 1.165) is 50.1 Å². The van der Waals surface area contributed by atoms with Crippen molar-refractivity contribution in [3.63, 3.8) is 0 Å². The largest absolute Gasteiger partial charge is 0.490 e. The summed E-state index contributed by atoms with van der Waals surface area (Å²) < 4.78 is 6.21. The van der Waals surface area contributed by atoms with Crippen LogP contribution in [0.3, 0.4) is 0 Å². The minimum Gasteiger partial charge on any atom is -0.490 e. The summed E-state index contributed by atoms with van der Waals surface area (Å²) in [5.74, 6) is 2.63. The molecule has 1 aliphatic carbocycles. The van der Waals surface area contributed by atoms with Crippen LogP contribution in [0.25, 0.3) is 0 Å². The normalized spacial score (nSPS) is 20.1. The molecule has 1 heterocycles. The van der Waals surface area contributed by atoms with E-state index in [4.69, 9.17) is 17.0 Å². The van der Waals surface area contributed by atoms with Crippen LogP contribution in [0, 0.1) is 11.8 Å². The third-order valence-corrected chi connectivity index (χ3v) is 6.83. The number of hydrogen-bond donors (Lipinski definition) is 0. The predicted molar refractivity (Wildman–Crippen MR) is 138 cm³/mol. The molecule has 2 aliphatic rings. The number of thiocarbonyl (C=S) groups is 1. The topological polar surface area (TPSA) is 46.3 Å². The van der Waals surface area contributed by atoms with Crippen molar-refractivity contribution in [2.24, 2.45) is 27.1 Å². The second kappa shape index (κ2) is 13.6.